The molecule has 2 fully saturated rings. The SMILES string of the molecule is NCc1ccc(S(=O)(=O)N2CCCC3C(=O)NCC32)cc1. The first-order valence-corrected chi connectivity index (χ1v) is 8.56. The molecule has 2 aliphatic rings. The van der Waals surface area contributed by atoms with Crippen molar-refractivity contribution >= 4 is 15.9 Å². The Morgan fingerprint density at radius 2 is 2.00 bits per heavy atom. The van der Waals surface area contributed by atoms with Crippen molar-refractivity contribution in [2.45, 2.75) is 30.3 Å². The molecule has 21 heavy (non-hydrogen) atoms. The summed E-state index contributed by atoms with van der Waals surface area (Å²) < 4.78 is 27.1. The van der Waals surface area contributed by atoms with E-state index in [9.17, 15) is 13.2 Å². The maximum atomic E-state index is 12.8. The van der Waals surface area contributed by atoms with Gasteiger partial charge >= 0.3 is 0 Å². The van der Waals surface area contributed by atoms with Gasteiger partial charge in [-0.05, 0) is 30.5 Å². The number of carbonyl (C=O) groups excluding carboxylic acids is 1. The summed E-state index contributed by atoms with van der Waals surface area (Å²) in [6.07, 6.45) is 1.48. The van der Waals surface area contributed by atoms with Gasteiger partial charge in [0.15, 0.2) is 0 Å². The van der Waals surface area contributed by atoms with Gasteiger partial charge in [0.1, 0.15) is 0 Å². The van der Waals surface area contributed by atoms with Gasteiger partial charge in [-0.1, -0.05) is 12.1 Å². The molecule has 0 radical (unpaired) electrons. The van der Waals surface area contributed by atoms with Crippen LogP contribution in [0.5, 0.6) is 0 Å². The van der Waals surface area contributed by atoms with Gasteiger partial charge in [0.05, 0.1) is 16.9 Å². The molecule has 0 spiro atoms. The minimum Gasteiger partial charge on any atom is -0.354 e. The molecule has 1 aromatic rings. The van der Waals surface area contributed by atoms with Gasteiger partial charge in [0.25, 0.3) is 0 Å². The number of piperidine rings is 1. The minimum atomic E-state index is -3.56. The van der Waals surface area contributed by atoms with Crippen LogP contribution >= 0.6 is 0 Å². The molecule has 2 unspecified atom stereocenters. The van der Waals surface area contributed by atoms with Crippen LogP contribution in [0.3, 0.4) is 0 Å². The number of fused-ring (bicyclic) bond motifs is 1. The molecule has 3 N–H and O–H groups in total. The fourth-order valence-electron chi connectivity index (χ4n) is 3.14. The summed E-state index contributed by atoms with van der Waals surface area (Å²) in [5, 5.41) is 2.77. The zero-order chi connectivity index (χ0) is 15.0. The number of hydrogen-bond donors (Lipinski definition) is 2. The Balaban J connectivity index is 1.91. The highest BCUT2D eigenvalue weighted by atomic mass is 32.2. The molecule has 114 valence electrons. The third-order valence-corrected chi connectivity index (χ3v) is 6.25. The third-order valence-electron chi connectivity index (χ3n) is 4.32. The number of amides is 1. The van der Waals surface area contributed by atoms with Gasteiger partial charge in [-0.25, -0.2) is 8.42 Å². The first kappa shape index (κ1) is 14.5. The number of nitrogens with one attached hydrogen (secondary N) is 1. The van der Waals surface area contributed by atoms with Crippen LogP contribution in [0, 0.1) is 5.92 Å². The smallest absolute Gasteiger partial charge is 0.243 e. The summed E-state index contributed by atoms with van der Waals surface area (Å²) in [7, 11) is -3.56. The lowest BCUT2D eigenvalue weighted by atomic mass is 9.93. The summed E-state index contributed by atoms with van der Waals surface area (Å²) in [5.74, 6) is -0.241. The van der Waals surface area contributed by atoms with E-state index in [1.807, 2.05) is 0 Å². The Hall–Kier alpha value is -1.44. The van der Waals surface area contributed by atoms with E-state index in [0.29, 0.717) is 26.1 Å². The summed E-state index contributed by atoms with van der Waals surface area (Å²) >= 11 is 0. The van der Waals surface area contributed by atoms with Crippen LogP contribution in [0.25, 0.3) is 0 Å². The first-order chi connectivity index (χ1) is 10.0. The van der Waals surface area contributed by atoms with Crippen LogP contribution < -0.4 is 11.1 Å². The van der Waals surface area contributed by atoms with E-state index in [0.717, 1.165) is 12.0 Å². The molecule has 0 saturated carbocycles. The van der Waals surface area contributed by atoms with Gasteiger partial charge in [-0.2, -0.15) is 4.31 Å². The molecule has 2 heterocycles. The Morgan fingerprint density at radius 1 is 1.29 bits per heavy atom. The lowest BCUT2D eigenvalue weighted by Gasteiger charge is -2.34. The summed E-state index contributed by atoms with van der Waals surface area (Å²) in [4.78, 5) is 12.0. The van der Waals surface area contributed by atoms with Crippen LogP contribution in [0.2, 0.25) is 0 Å². The molecule has 2 atom stereocenters. The largest absolute Gasteiger partial charge is 0.354 e. The second-order valence-electron chi connectivity index (χ2n) is 5.53. The predicted molar refractivity (Wildman–Crippen MR) is 77.7 cm³/mol. The molecule has 0 aliphatic carbocycles. The predicted octanol–water partition coefficient (Wildman–Crippen LogP) is 0.0444. The van der Waals surface area contributed by atoms with E-state index in [-0.39, 0.29) is 22.8 Å². The average molecular weight is 309 g/mol. The number of carbonyl (C=O) groups is 1. The van der Waals surface area contributed by atoms with Gasteiger partial charge in [0.2, 0.25) is 15.9 Å². The van der Waals surface area contributed by atoms with Crippen molar-refractivity contribution in [2.75, 3.05) is 13.1 Å². The Labute approximate surface area is 124 Å². The molecule has 7 heteroatoms. The molecule has 6 nitrogen and oxygen atoms in total. The van der Waals surface area contributed by atoms with Crippen molar-refractivity contribution in [2.24, 2.45) is 11.7 Å². The topological polar surface area (TPSA) is 92.5 Å². The number of hydrogen-bond acceptors (Lipinski definition) is 4. The van der Waals surface area contributed by atoms with Crippen molar-refractivity contribution in [1.82, 2.24) is 9.62 Å². The lowest BCUT2D eigenvalue weighted by Crippen LogP contribution is -2.48. The molecule has 0 bridgehead atoms. The maximum absolute atomic E-state index is 12.8. The Bertz CT molecular complexity index is 642. The number of sulfonamides is 1. The van der Waals surface area contributed by atoms with Crippen molar-refractivity contribution in [3.05, 3.63) is 29.8 Å². The average Bonchev–Trinajstić information content (AvgIpc) is 2.89. The van der Waals surface area contributed by atoms with Gasteiger partial charge in [-0.15, -0.1) is 0 Å². The fraction of sp³-hybridized carbons (Fsp3) is 0.500. The third kappa shape index (κ3) is 2.45. The number of nitrogens with two attached hydrogens (primary N) is 1. The molecule has 2 aliphatic heterocycles. The van der Waals surface area contributed by atoms with Crippen LogP contribution in [-0.4, -0.2) is 37.8 Å². The minimum absolute atomic E-state index is 0.0293. The monoisotopic (exact) mass is 309 g/mol. The molecular formula is C14H19N3O3S. The first-order valence-electron chi connectivity index (χ1n) is 7.12. The second-order valence-corrected chi connectivity index (χ2v) is 7.42. The molecule has 1 amide bonds. The zero-order valence-corrected chi connectivity index (χ0v) is 12.5. The zero-order valence-electron chi connectivity index (χ0n) is 11.7. The maximum Gasteiger partial charge on any atom is 0.243 e. The van der Waals surface area contributed by atoms with Gasteiger partial charge < -0.3 is 11.1 Å². The quantitative estimate of drug-likeness (QED) is 0.825. The highest BCUT2D eigenvalue weighted by molar-refractivity contribution is 7.89. The molecule has 0 aromatic heterocycles. The highest BCUT2D eigenvalue weighted by Gasteiger charge is 2.45. The van der Waals surface area contributed by atoms with Crippen molar-refractivity contribution in [1.29, 1.82) is 0 Å². The Kier molecular flexibility index (Phi) is 3.73. The molecule has 2 saturated heterocycles. The van der Waals surface area contributed by atoms with E-state index in [1.54, 1.807) is 24.3 Å². The number of rotatable bonds is 3. The summed E-state index contributed by atoms with van der Waals surface area (Å²) in [6.45, 7) is 1.26. The van der Waals surface area contributed by atoms with E-state index in [1.165, 1.54) is 4.31 Å². The van der Waals surface area contributed by atoms with Crippen LogP contribution in [-0.2, 0) is 21.4 Å². The van der Waals surface area contributed by atoms with Crippen LogP contribution in [0.15, 0.2) is 29.2 Å². The molecule has 3 rings (SSSR count). The number of benzene rings is 1. The van der Waals surface area contributed by atoms with Crippen molar-refractivity contribution < 1.29 is 13.2 Å². The van der Waals surface area contributed by atoms with Crippen LogP contribution in [0.1, 0.15) is 18.4 Å². The van der Waals surface area contributed by atoms with E-state index >= 15 is 0 Å². The summed E-state index contributed by atoms with van der Waals surface area (Å²) in [5.41, 5.74) is 6.42. The summed E-state index contributed by atoms with van der Waals surface area (Å²) in [6, 6.07) is 6.38. The normalized spacial score (nSPS) is 26.4. The highest BCUT2D eigenvalue weighted by Crippen LogP contribution is 2.31. The fourth-order valence-corrected chi connectivity index (χ4v) is 4.84. The molecular weight excluding hydrogens is 290 g/mol. The van der Waals surface area contributed by atoms with Gasteiger partial charge in [-0.3, -0.25) is 4.79 Å². The molecule has 1 aromatic carbocycles. The second kappa shape index (κ2) is 5.40. The van der Waals surface area contributed by atoms with E-state index in [4.69, 9.17) is 5.73 Å². The van der Waals surface area contributed by atoms with E-state index < -0.39 is 10.0 Å². The van der Waals surface area contributed by atoms with Gasteiger partial charge in [0, 0.05) is 19.6 Å². The lowest BCUT2D eigenvalue weighted by molar-refractivity contribution is -0.123. The standard InChI is InChI=1S/C14H19N3O3S/c15-8-10-3-5-11(6-4-10)21(19,20)17-7-1-2-12-13(17)9-16-14(12)18/h3-6,12-13H,1-2,7-9,15H2,(H,16,18). The van der Waals surface area contributed by atoms with Crippen molar-refractivity contribution in [3.8, 4) is 0 Å². The van der Waals surface area contributed by atoms with Crippen LogP contribution in [0.4, 0.5) is 0 Å². The van der Waals surface area contributed by atoms with E-state index in [2.05, 4.69) is 5.32 Å². The number of nitrogens with zero attached hydrogens (tertiary/aromatic N) is 1. The van der Waals surface area contributed by atoms with Crippen molar-refractivity contribution in [3.63, 3.8) is 0 Å². The Morgan fingerprint density at radius 3 is 2.67 bits per heavy atom.